The molecule has 2 aromatic heterocycles. The number of rotatable bonds is 2. The molecule has 0 aliphatic rings. The molecular weight excluding hydrogens is 419 g/mol. The van der Waals surface area contributed by atoms with Gasteiger partial charge in [0.2, 0.25) is 0 Å². The van der Waals surface area contributed by atoms with Crippen LogP contribution in [-0.2, 0) is 6.18 Å². The zero-order valence-corrected chi connectivity index (χ0v) is 15.7. The Bertz CT molecular complexity index is 1130. The molecule has 0 amide bonds. The van der Waals surface area contributed by atoms with E-state index in [4.69, 9.17) is 0 Å². The molecule has 0 bridgehead atoms. The van der Waals surface area contributed by atoms with Crippen LogP contribution in [0.5, 0.6) is 0 Å². The maximum Gasteiger partial charge on any atom is 0.417 e. The minimum atomic E-state index is -4.52. The van der Waals surface area contributed by atoms with E-state index in [0.29, 0.717) is 11.3 Å². The van der Waals surface area contributed by atoms with E-state index in [9.17, 15) is 13.2 Å². The van der Waals surface area contributed by atoms with Gasteiger partial charge < -0.3 is 0 Å². The third kappa shape index (κ3) is 3.23. The third-order valence-electron chi connectivity index (χ3n) is 4.24. The van der Waals surface area contributed by atoms with Crippen molar-refractivity contribution in [1.29, 1.82) is 0 Å². The number of aromatic nitrogens is 3. The zero-order valence-electron chi connectivity index (χ0n) is 14.1. The molecule has 0 radical (unpaired) electrons. The Hall–Kier alpha value is -2.67. The molecule has 0 aliphatic carbocycles. The summed E-state index contributed by atoms with van der Waals surface area (Å²) in [5, 5.41) is 4.35. The molecule has 3 nitrogen and oxygen atoms in total. The van der Waals surface area contributed by atoms with Gasteiger partial charge in [0.05, 0.1) is 28.0 Å². The number of pyridine rings is 1. The number of hydrogen-bond donors (Lipinski definition) is 0. The van der Waals surface area contributed by atoms with Crippen molar-refractivity contribution in [2.24, 2.45) is 0 Å². The summed E-state index contributed by atoms with van der Waals surface area (Å²) in [5.74, 6) is 0. The van der Waals surface area contributed by atoms with Crippen LogP contribution in [0.2, 0.25) is 0 Å². The summed E-state index contributed by atoms with van der Waals surface area (Å²) >= 11 is 3.35. The van der Waals surface area contributed by atoms with Crippen molar-refractivity contribution in [2.75, 3.05) is 0 Å². The standard InChI is InChI=1S/C20H13BrF3N3/c1-12-18-16(20(22,23)24)11-17(13-6-5-7-14(21)10-13)25-19(18)27(26-12)15-8-3-2-4-9-15/h2-11H,1H3. The Morgan fingerprint density at radius 2 is 1.70 bits per heavy atom. The van der Waals surface area contributed by atoms with E-state index in [1.807, 2.05) is 12.1 Å². The van der Waals surface area contributed by atoms with Crippen LogP contribution in [0, 0.1) is 6.92 Å². The molecule has 2 aromatic carbocycles. The van der Waals surface area contributed by atoms with Crippen LogP contribution in [0.25, 0.3) is 28.0 Å². The van der Waals surface area contributed by atoms with Gasteiger partial charge >= 0.3 is 6.18 Å². The van der Waals surface area contributed by atoms with E-state index in [-0.39, 0.29) is 22.4 Å². The number of alkyl halides is 3. The number of halogens is 4. The monoisotopic (exact) mass is 431 g/mol. The minimum absolute atomic E-state index is 0.0186. The quantitative estimate of drug-likeness (QED) is 0.379. The lowest BCUT2D eigenvalue weighted by atomic mass is 10.1. The SMILES string of the molecule is Cc1nn(-c2ccccc2)c2nc(-c3cccc(Br)c3)cc(C(F)(F)F)c12. The molecule has 0 N–H and O–H groups in total. The lowest BCUT2D eigenvalue weighted by molar-refractivity contribution is -0.136. The van der Waals surface area contributed by atoms with Gasteiger partial charge in [-0.2, -0.15) is 18.3 Å². The Labute approximate surface area is 161 Å². The lowest BCUT2D eigenvalue weighted by Gasteiger charge is -2.12. The normalized spacial score (nSPS) is 11.9. The minimum Gasteiger partial charge on any atom is -0.228 e. The zero-order chi connectivity index (χ0) is 19.2. The van der Waals surface area contributed by atoms with Gasteiger partial charge in [-0.15, -0.1) is 0 Å². The van der Waals surface area contributed by atoms with Crippen molar-refractivity contribution in [3.63, 3.8) is 0 Å². The Kier molecular flexibility index (Phi) is 4.26. The molecular formula is C20H13BrF3N3. The van der Waals surface area contributed by atoms with Gasteiger partial charge in [0.1, 0.15) is 0 Å². The molecule has 7 heteroatoms. The van der Waals surface area contributed by atoms with Gasteiger partial charge in [-0.05, 0) is 37.3 Å². The number of nitrogens with zero attached hydrogens (tertiary/aromatic N) is 3. The number of fused-ring (bicyclic) bond motifs is 1. The fraction of sp³-hybridized carbons (Fsp3) is 0.100. The van der Waals surface area contributed by atoms with Gasteiger partial charge in [0.25, 0.3) is 0 Å². The molecule has 0 fully saturated rings. The first kappa shape index (κ1) is 17.7. The average molecular weight is 432 g/mol. The first-order valence-electron chi connectivity index (χ1n) is 8.13. The first-order valence-corrected chi connectivity index (χ1v) is 8.93. The summed E-state index contributed by atoms with van der Waals surface area (Å²) in [6, 6.07) is 17.2. The van der Waals surface area contributed by atoms with Gasteiger partial charge in [0, 0.05) is 10.0 Å². The van der Waals surface area contributed by atoms with E-state index >= 15 is 0 Å². The predicted octanol–water partition coefficient (Wildman–Crippen LogP) is 6.18. The van der Waals surface area contributed by atoms with Crippen LogP contribution in [0.1, 0.15) is 11.3 Å². The average Bonchev–Trinajstić information content (AvgIpc) is 2.98. The van der Waals surface area contributed by atoms with Crippen molar-refractivity contribution < 1.29 is 13.2 Å². The molecule has 0 saturated heterocycles. The smallest absolute Gasteiger partial charge is 0.228 e. The van der Waals surface area contributed by atoms with Crippen LogP contribution in [-0.4, -0.2) is 14.8 Å². The highest BCUT2D eigenvalue weighted by Gasteiger charge is 2.35. The molecule has 27 heavy (non-hydrogen) atoms. The highest BCUT2D eigenvalue weighted by molar-refractivity contribution is 9.10. The molecule has 0 aliphatic heterocycles. The van der Waals surface area contributed by atoms with Crippen LogP contribution in [0.15, 0.2) is 65.1 Å². The van der Waals surface area contributed by atoms with E-state index in [1.54, 1.807) is 49.4 Å². The lowest BCUT2D eigenvalue weighted by Crippen LogP contribution is -2.08. The van der Waals surface area contributed by atoms with Gasteiger partial charge in [-0.3, -0.25) is 0 Å². The van der Waals surface area contributed by atoms with Gasteiger partial charge in [-0.25, -0.2) is 9.67 Å². The molecule has 2 heterocycles. The second-order valence-electron chi connectivity index (χ2n) is 6.09. The first-order chi connectivity index (χ1) is 12.8. The Morgan fingerprint density at radius 3 is 2.37 bits per heavy atom. The third-order valence-corrected chi connectivity index (χ3v) is 4.73. The van der Waals surface area contributed by atoms with Crippen molar-refractivity contribution in [1.82, 2.24) is 14.8 Å². The summed E-state index contributed by atoms with van der Waals surface area (Å²) in [7, 11) is 0. The fourth-order valence-corrected chi connectivity index (χ4v) is 3.46. The Balaban J connectivity index is 2.08. The maximum absolute atomic E-state index is 13.8. The van der Waals surface area contributed by atoms with Crippen LogP contribution in [0.3, 0.4) is 0 Å². The summed E-state index contributed by atoms with van der Waals surface area (Å²) in [5.41, 5.74) is 1.23. The topological polar surface area (TPSA) is 30.7 Å². The molecule has 4 aromatic rings. The van der Waals surface area contributed by atoms with Crippen LogP contribution < -0.4 is 0 Å². The number of hydrogen-bond acceptors (Lipinski definition) is 2. The number of aryl methyl sites for hydroxylation is 1. The van der Waals surface area contributed by atoms with E-state index in [2.05, 4.69) is 26.0 Å². The van der Waals surface area contributed by atoms with Crippen molar-refractivity contribution in [3.8, 4) is 16.9 Å². The highest BCUT2D eigenvalue weighted by atomic mass is 79.9. The molecule has 136 valence electrons. The summed E-state index contributed by atoms with van der Waals surface area (Å²) in [6.07, 6.45) is -4.52. The largest absolute Gasteiger partial charge is 0.417 e. The maximum atomic E-state index is 13.8. The molecule has 0 atom stereocenters. The number of para-hydroxylation sites is 1. The van der Waals surface area contributed by atoms with Crippen molar-refractivity contribution >= 4 is 27.0 Å². The van der Waals surface area contributed by atoms with E-state index in [1.165, 1.54) is 4.68 Å². The second-order valence-corrected chi connectivity index (χ2v) is 7.01. The van der Waals surface area contributed by atoms with Crippen molar-refractivity contribution in [3.05, 3.63) is 76.4 Å². The van der Waals surface area contributed by atoms with Crippen molar-refractivity contribution in [2.45, 2.75) is 13.1 Å². The molecule has 0 saturated carbocycles. The Morgan fingerprint density at radius 1 is 0.963 bits per heavy atom. The number of benzene rings is 2. The highest BCUT2D eigenvalue weighted by Crippen LogP contribution is 2.38. The van der Waals surface area contributed by atoms with Crippen LogP contribution in [0.4, 0.5) is 13.2 Å². The summed E-state index contributed by atoms with van der Waals surface area (Å²) in [4.78, 5) is 4.54. The van der Waals surface area contributed by atoms with Crippen LogP contribution >= 0.6 is 15.9 Å². The van der Waals surface area contributed by atoms with E-state index < -0.39 is 11.7 Å². The molecule has 4 rings (SSSR count). The fourth-order valence-electron chi connectivity index (χ4n) is 3.06. The van der Waals surface area contributed by atoms with Gasteiger partial charge in [-0.1, -0.05) is 46.3 Å². The molecule has 0 spiro atoms. The van der Waals surface area contributed by atoms with E-state index in [0.717, 1.165) is 10.5 Å². The predicted molar refractivity (Wildman–Crippen MR) is 102 cm³/mol. The second kappa shape index (κ2) is 6.49. The molecule has 0 unspecified atom stereocenters. The van der Waals surface area contributed by atoms with Gasteiger partial charge in [0.15, 0.2) is 5.65 Å². The summed E-state index contributed by atoms with van der Waals surface area (Å²) < 4.78 is 43.7. The summed E-state index contributed by atoms with van der Waals surface area (Å²) in [6.45, 7) is 1.57.